The predicted octanol–water partition coefficient (Wildman–Crippen LogP) is 4.41. The zero-order chi connectivity index (χ0) is 14.7. The molecule has 1 aliphatic heterocycles. The summed E-state index contributed by atoms with van der Waals surface area (Å²) < 4.78 is 8.70. The van der Waals surface area contributed by atoms with Gasteiger partial charge in [-0.15, -0.1) is 6.58 Å². The van der Waals surface area contributed by atoms with Gasteiger partial charge < -0.3 is 8.99 Å². The van der Waals surface area contributed by atoms with Crippen LogP contribution in [0.5, 0.6) is 0 Å². The summed E-state index contributed by atoms with van der Waals surface area (Å²) in [5.74, 6) is 0. The van der Waals surface area contributed by atoms with Crippen molar-refractivity contribution in [2.24, 2.45) is 0 Å². The van der Waals surface area contributed by atoms with Crippen LogP contribution in [-0.2, 0) is 4.43 Å². The molecule has 110 valence electrons. The maximum atomic E-state index is 5.97. The molecule has 0 aromatic heterocycles. The summed E-state index contributed by atoms with van der Waals surface area (Å²) in [6.07, 6.45) is 5.28. The summed E-state index contributed by atoms with van der Waals surface area (Å²) in [6.45, 7) is 16.7. The van der Waals surface area contributed by atoms with Gasteiger partial charge in [-0.3, -0.25) is 0 Å². The SMILES string of the molecule is C=CCC(CC(=S)O[Si](C)(C)C)N1CCC[Si]1(C)C. The Balaban J connectivity index is 2.68. The van der Waals surface area contributed by atoms with Crippen LogP contribution < -0.4 is 0 Å². The molecule has 1 atom stereocenters. The molecule has 1 saturated heterocycles. The minimum absolute atomic E-state index is 0.505. The van der Waals surface area contributed by atoms with Crippen molar-refractivity contribution in [1.82, 2.24) is 4.57 Å². The number of hydrogen-bond donors (Lipinski definition) is 0. The third kappa shape index (κ3) is 5.49. The van der Waals surface area contributed by atoms with E-state index >= 15 is 0 Å². The van der Waals surface area contributed by atoms with Crippen LogP contribution in [0.2, 0.25) is 38.8 Å². The standard InChI is InChI=1S/C14H29NOSSi2/c1-7-9-13(12-14(17)16-18(2,3)4)15-10-8-11-19(15,5)6/h7,13H,1,8-12H2,2-6H3. The van der Waals surface area contributed by atoms with Crippen molar-refractivity contribution in [2.45, 2.75) is 64.1 Å². The molecule has 1 fully saturated rings. The van der Waals surface area contributed by atoms with Crippen molar-refractivity contribution >= 4 is 33.8 Å². The second-order valence-corrected chi connectivity index (χ2v) is 16.7. The molecule has 1 rings (SSSR count). The van der Waals surface area contributed by atoms with Gasteiger partial charge in [0.05, 0.1) is 0 Å². The highest BCUT2D eigenvalue weighted by molar-refractivity contribution is 7.80. The fraction of sp³-hybridized carbons (Fsp3) is 0.786. The molecule has 5 heteroatoms. The second kappa shape index (κ2) is 6.65. The van der Waals surface area contributed by atoms with E-state index in [1.54, 1.807) is 0 Å². The Hall–Kier alpha value is 0.0238. The Labute approximate surface area is 126 Å². The maximum Gasteiger partial charge on any atom is 0.242 e. The number of hydrogen-bond acceptors (Lipinski definition) is 3. The van der Waals surface area contributed by atoms with Crippen LogP contribution in [-0.4, -0.2) is 38.8 Å². The molecule has 1 aliphatic rings. The molecule has 1 unspecified atom stereocenters. The molecule has 0 amide bonds. The molecule has 0 aliphatic carbocycles. The van der Waals surface area contributed by atoms with Crippen LogP contribution in [0.15, 0.2) is 12.7 Å². The predicted molar refractivity (Wildman–Crippen MR) is 93.9 cm³/mol. The molecular formula is C14H29NOSSi2. The highest BCUT2D eigenvalue weighted by Gasteiger charge is 2.38. The number of rotatable bonds is 6. The summed E-state index contributed by atoms with van der Waals surface area (Å²) in [5, 5.41) is 0.808. The first-order valence-electron chi connectivity index (χ1n) is 7.25. The van der Waals surface area contributed by atoms with Crippen molar-refractivity contribution in [1.29, 1.82) is 0 Å². The van der Waals surface area contributed by atoms with Gasteiger partial charge in [0.2, 0.25) is 8.32 Å². The van der Waals surface area contributed by atoms with Crippen molar-refractivity contribution in [3.63, 3.8) is 0 Å². The third-order valence-electron chi connectivity index (χ3n) is 3.67. The Morgan fingerprint density at radius 3 is 2.53 bits per heavy atom. The zero-order valence-corrected chi connectivity index (χ0v) is 16.0. The van der Waals surface area contributed by atoms with E-state index < -0.39 is 16.6 Å². The van der Waals surface area contributed by atoms with E-state index in [1.165, 1.54) is 19.0 Å². The Bertz CT molecular complexity index is 339. The highest BCUT2D eigenvalue weighted by atomic mass is 32.1. The van der Waals surface area contributed by atoms with Gasteiger partial charge in [-0.2, -0.15) is 0 Å². The van der Waals surface area contributed by atoms with E-state index in [4.69, 9.17) is 16.6 Å². The van der Waals surface area contributed by atoms with Crippen LogP contribution in [0.25, 0.3) is 0 Å². The molecule has 0 N–H and O–H groups in total. The summed E-state index contributed by atoms with van der Waals surface area (Å²) in [7, 11) is -2.77. The van der Waals surface area contributed by atoms with Crippen LogP contribution >= 0.6 is 12.2 Å². The van der Waals surface area contributed by atoms with E-state index in [-0.39, 0.29) is 0 Å². The van der Waals surface area contributed by atoms with E-state index in [2.05, 4.69) is 43.9 Å². The molecule has 0 spiro atoms. The van der Waals surface area contributed by atoms with Gasteiger partial charge in [-0.25, -0.2) is 0 Å². The molecule has 1 heterocycles. The summed E-state index contributed by atoms with van der Waals surface area (Å²) >= 11 is 5.47. The van der Waals surface area contributed by atoms with Gasteiger partial charge in [0, 0.05) is 12.5 Å². The Morgan fingerprint density at radius 2 is 2.11 bits per heavy atom. The fourth-order valence-electron chi connectivity index (χ4n) is 2.89. The molecule has 0 aromatic rings. The Kier molecular flexibility index (Phi) is 5.98. The summed E-state index contributed by atoms with van der Waals surface area (Å²) in [6, 6.07) is 1.91. The molecule has 0 aromatic carbocycles. The van der Waals surface area contributed by atoms with Crippen molar-refractivity contribution in [3.8, 4) is 0 Å². The minimum atomic E-state index is -1.56. The maximum absolute atomic E-state index is 5.97. The topological polar surface area (TPSA) is 12.5 Å². The van der Waals surface area contributed by atoms with Gasteiger partial charge in [-0.05, 0) is 57.3 Å². The van der Waals surface area contributed by atoms with Crippen molar-refractivity contribution in [2.75, 3.05) is 6.54 Å². The van der Waals surface area contributed by atoms with Gasteiger partial charge in [0.15, 0.2) is 0 Å². The van der Waals surface area contributed by atoms with Gasteiger partial charge >= 0.3 is 0 Å². The third-order valence-corrected chi connectivity index (χ3v) is 8.64. The van der Waals surface area contributed by atoms with E-state index in [9.17, 15) is 0 Å². The Morgan fingerprint density at radius 1 is 1.47 bits per heavy atom. The smallest absolute Gasteiger partial charge is 0.242 e. The number of thiocarbonyl (C=S) groups is 1. The van der Waals surface area contributed by atoms with Gasteiger partial charge in [0.25, 0.3) is 0 Å². The van der Waals surface area contributed by atoms with Gasteiger partial charge in [-0.1, -0.05) is 19.2 Å². The lowest BCUT2D eigenvalue weighted by molar-refractivity contribution is 0.336. The average Bonchev–Trinajstić information content (AvgIpc) is 2.54. The first-order valence-corrected chi connectivity index (χ1v) is 14.2. The largest absolute Gasteiger partial charge is 0.540 e. The van der Waals surface area contributed by atoms with Gasteiger partial charge in [0.1, 0.15) is 13.3 Å². The van der Waals surface area contributed by atoms with Crippen molar-refractivity contribution in [3.05, 3.63) is 12.7 Å². The summed E-state index contributed by atoms with van der Waals surface area (Å²) in [5.41, 5.74) is 0. The van der Waals surface area contributed by atoms with E-state index in [0.717, 1.165) is 17.9 Å². The first-order chi connectivity index (χ1) is 8.65. The molecule has 2 nitrogen and oxygen atoms in total. The normalized spacial score (nSPS) is 21.1. The lowest BCUT2D eigenvalue weighted by atomic mass is 10.1. The quantitative estimate of drug-likeness (QED) is 0.409. The van der Waals surface area contributed by atoms with E-state index in [0.29, 0.717) is 6.04 Å². The molecular weight excluding hydrogens is 286 g/mol. The van der Waals surface area contributed by atoms with Crippen LogP contribution in [0, 0.1) is 0 Å². The molecule has 0 bridgehead atoms. The average molecular weight is 316 g/mol. The molecule has 0 radical (unpaired) electrons. The monoisotopic (exact) mass is 315 g/mol. The zero-order valence-electron chi connectivity index (χ0n) is 13.2. The molecule has 19 heavy (non-hydrogen) atoms. The van der Waals surface area contributed by atoms with Crippen LogP contribution in [0.1, 0.15) is 19.3 Å². The summed E-state index contributed by atoms with van der Waals surface area (Å²) in [4.78, 5) is 0. The fourth-order valence-corrected chi connectivity index (χ4v) is 7.86. The molecule has 0 saturated carbocycles. The van der Waals surface area contributed by atoms with Crippen molar-refractivity contribution < 1.29 is 4.43 Å². The minimum Gasteiger partial charge on any atom is -0.540 e. The lowest BCUT2D eigenvalue weighted by Crippen LogP contribution is -2.50. The highest BCUT2D eigenvalue weighted by Crippen LogP contribution is 2.30. The lowest BCUT2D eigenvalue weighted by Gasteiger charge is -2.37. The first kappa shape index (κ1) is 17.1. The second-order valence-electron chi connectivity index (χ2n) is 7.08. The number of nitrogens with zero attached hydrogens (tertiary/aromatic N) is 1. The van der Waals surface area contributed by atoms with E-state index in [1.807, 2.05) is 6.08 Å². The van der Waals surface area contributed by atoms with Crippen LogP contribution in [0.4, 0.5) is 0 Å². The van der Waals surface area contributed by atoms with Crippen LogP contribution in [0.3, 0.4) is 0 Å².